The van der Waals surface area contributed by atoms with Crippen molar-refractivity contribution >= 4 is 11.6 Å². The summed E-state index contributed by atoms with van der Waals surface area (Å²) in [5.74, 6) is -0.900. The molecular weight excluding hydrogens is 311 g/mol. The molecule has 1 aliphatic carbocycles. The Morgan fingerprint density at radius 2 is 2.25 bits per heavy atom. The van der Waals surface area contributed by atoms with Crippen molar-refractivity contribution in [3.8, 4) is 11.8 Å². The van der Waals surface area contributed by atoms with Crippen LogP contribution in [0.3, 0.4) is 0 Å². The lowest BCUT2D eigenvalue weighted by Gasteiger charge is -2.32. The molecule has 6 nitrogen and oxygen atoms in total. The van der Waals surface area contributed by atoms with Crippen molar-refractivity contribution in [1.82, 2.24) is 4.90 Å². The maximum absolute atomic E-state index is 14.0. The van der Waals surface area contributed by atoms with Crippen LogP contribution in [0.4, 0.5) is 4.39 Å². The van der Waals surface area contributed by atoms with Gasteiger partial charge in [-0.15, -0.1) is 0 Å². The van der Waals surface area contributed by atoms with E-state index in [0.29, 0.717) is 12.5 Å². The van der Waals surface area contributed by atoms with Gasteiger partial charge in [-0.1, -0.05) is 12.5 Å². The molecule has 1 fully saturated rings. The molecule has 0 heterocycles. The molecule has 1 saturated carbocycles. The summed E-state index contributed by atoms with van der Waals surface area (Å²) in [6.45, 7) is 0.489. The number of rotatable bonds is 6. The van der Waals surface area contributed by atoms with Crippen molar-refractivity contribution in [2.24, 2.45) is 11.7 Å². The van der Waals surface area contributed by atoms with Crippen LogP contribution in [-0.2, 0) is 11.3 Å². The quantitative estimate of drug-likeness (QED) is 0.511. The first kappa shape index (κ1) is 17.5. The highest BCUT2D eigenvalue weighted by Crippen LogP contribution is 2.28. The van der Waals surface area contributed by atoms with E-state index in [-0.39, 0.29) is 29.3 Å². The topological polar surface area (TPSA) is 116 Å². The number of carbonyl (C=O) groups excluding carboxylic acids is 1. The normalized spacial score (nSPS) is 14.6. The molecular formula is C17H20FN4O2+. The Labute approximate surface area is 139 Å². The van der Waals surface area contributed by atoms with Crippen LogP contribution in [0.25, 0.3) is 0 Å². The number of nitrogens with zero attached hydrogens (tertiary/aromatic N) is 2. The van der Waals surface area contributed by atoms with E-state index in [1.54, 1.807) is 6.07 Å². The van der Waals surface area contributed by atoms with Crippen LogP contribution in [0, 0.1) is 23.1 Å². The molecule has 5 N–H and O–H groups in total. The van der Waals surface area contributed by atoms with E-state index in [1.165, 1.54) is 17.0 Å². The van der Waals surface area contributed by atoms with Gasteiger partial charge < -0.3 is 15.7 Å². The van der Waals surface area contributed by atoms with Gasteiger partial charge in [0.2, 0.25) is 0 Å². The van der Waals surface area contributed by atoms with Crippen LogP contribution in [0.2, 0.25) is 0 Å². The number of halogens is 1. The Balaban J connectivity index is 2.20. The lowest BCUT2D eigenvalue weighted by Crippen LogP contribution is -2.41. The molecule has 126 valence electrons. The van der Waals surface area contributed by atoms with Crippen molar-refractivity contribution in [2.45, 2.75) is 25.8 Å². The van der Waals surface area contributed by atoms with Crippen LogP contribution in [0.5, 0.6) is 5.75 Å². The first-order valence-electron chi connectivity index (χ1n) is 7.67. The predicted molar refractivity (Wildman–Crippen MR) is 85.6 cm³/mol. The van der Waals surface area contributed by atoms with Gasteiger partial charge in [0.1, 0.15) is 17.3 Å². The summed E-state index contributed by atoms with van der Waals surface area (Å²) in [7, 11) is 0. The number of hydrogen-bond acceptors (Lipinski definition) is 4. The largest absolute Gasteiger partial charge is 0.508 e. The number of nitrogens with two attached hydrogens (primary N) is 2. The van der Waals surface area contributed by atoms with Crippen LogP contribution in [0.15, 0.2) is 30.0 Å². The van der Waals surface area contributed by atoms with Gasteiger partial charge in [0.15, 0.2) is 6.07 Å². The van der Waals surface area contributed by atoms with E-state index in [0.717, 1.165) is 31.4 Å². The molecule has 0 atom stereocenters. The molecule has 0 unspecified atom stereocenters. The zero-order valence-corrected chi connectivity index (χ0v) is 13.2. The van der Waals surface area contributed by atoms with Crippen molar-refractivity contribution in [3.05, 3.63) is 41.4 Å². The Hall–Kier alpha value is -2.88. The number of nitriles is 1. The van der Waals surface area contributed by atoms with Gasteiger partial charge in [-0.25, -0.2) is 9.80 Å². The van der Waals surface area contributed by atoms with Gasteiger partial charge in [-0.05, 0) is 24.8 Å². The average molecular weight is 331 g/mol. The van der Waals surface area contributed by atoms with Gasteiger partial charge in [0.25, 0.3) is 11.6 Å². The summed E-state index contributed by atoms with van der Waals surface area (Å²) in [5.41, 5.74) is 5.69. The number of carbonyl (C=O) groups is 1. The first-order chi connectivity index (χ1) is 11.4. The fourth-order valence-corrected chi connectivity index (χ4v) is 2.52. The number of hydrogen-bond donors (Lipinski definition) is 3. The molecule has 0 bridgehead atoms. The third-order valence-electron chi connectivity index (χ3n) is 4.08. The average Bonchev–Trinajstić information content (AvgIpc) is 2.50. The van der Waals surface area contributed by atoms with E-state index in [2.05, 4.69) is 0 Å². The lowest BCUT2D eigenvalue weighted by molar-refractivity contribution is -0.129. The zero-order chi connectivity index (χ0) is 17.7. The molecule has 1 aromatic carbocycles. The fourth-order valence-electron chi connectivity index (χ4n) is 2.52. The second-order valence-electron chi connectivity index (χ2n) is 5.93. The molecule has 1 aromatic rings. The standard InChI is InChI=1S/C17H19FN4O2/c18-15-7-14(23)5-4-12(15)10-22(9-11-2-1-3-11)17(24)16(21)6-13(20)8-19/h4-7,11,20,23H,1-3,9-10,21H2/p+1/b16-6-,20-13?. The minimum atomic E-state index is -0.591. The highest BCUT2D eigenvalue weighted by atomic mass is 19.1. The number of aromatic hydroxyl groups is 1. The van der Waals surface area contributed by atoms with Crippen LogP contribution in [-0.4, -0.2) is 28.2 Å². The van der Waals surface area contributed by atoms with E-state index < -0.39 is 11.7 Å². The fraction of sp³-hybridized carbons (Fsp3) is 0.353. The molecule has 0 aliphatic heterocycles. The maximum atomic E-state index is 14.0. The third kappa shape index (κ3) is 4.32. The molecule has 1 amide bonds. The highest BCUT2D eigenvalue weighted by molar-refractivity contribution is 6.07. The molecule has 0 saturated heterocycles. The summed E-state index contributed by atoms with van der Waals surface area (Å²) < 4.78 is 14.0. The molecule has 7 heteroatoms. The van der Waals surface area contributed by atoms with Crippen molar-refractivity contribution < 1.29 is 19.7 Å². The lowest BCUT2D eigenvalue weighted by atomic mass is 9.85. The summed E-state index contributed by atoms with van der Waals surface area (Å²) in [6.07, 6.45) is 4.25. The molecule has 0 spiro atoms. The molecule has 0 aromatic heterocycles. The third-order valence-corrected chi connectivity index (χ3v) is 4.08. The summed E-state index contributed by atoms with van der Waals surface area (Å²) in [5, 5.41) is 23.4. The second-order valence-corrected chi connectivity index (χ2v) is 5.93. The molecule has 24 heavy (non-hydrogen) atoms. The molecule has 0 radical (unpaired) electrons. The molecule has 1 aliphatic rings. The van der Waals surface area contributed by atoms with Gasteiger partial charge in [-0.3, -0.25) is 4.79 Å². The number of benzene rings is 1. The zero-order valence-electron chi connectivity index (χ0n) is 13.2. The van der Waals surface area contributed by atoms with Crippen LogP contribution in [0.1, 0.15) is 24.8 Å². The van der Waals surface area contributed by atoms with Crippen LogP contribution >= 0.6 is 0 Å². The van der Waals surface area contributed by atoms with E-state index >= 15 is 0 Å². The summed E-state index contributed by atoms with van der Waals surface area (Å²) in [6, 6.07) is 5.50. The van der Waals surface area contributed by atoms with Crippen molar-refractivity contribution in [2.75, 3.05) is 6.54 Å². The minimum absolute atomic E-state index is 0.0302. The second kappa shape index (κ2) is 7.59. The Morgan fingerprint density at radius 1 is 1.54 bits per heavy atom. The summed E-state index contributed by atoms with van der Waals surface area (Å²) in [4.78, 5) is 14.0. The smallest absolute Gasteiger partial charge is 0.277 e. The van der Waals surface area contributed by atoms with Crippen LogP contribution < -0.4 is 11.1 Å². The van der Waals surface area contributed by atoms with Gasteiger partial charge in [0.05, 0.1) is 0 Å². The van der Waals surface area contributed by atoms with Crippen molar-refractivity contribution in [1.29, 1.82) is 5.26 Å². The SMILES string of the molecule is N#CC(=[NH2+])/C=C(\N)C(=O)N(Cc1ccc(O)cc1F)CC1CCC1. The molecule has 2 rings (SSSR count). The minimum Gasteiger partial charge on any atom is -0.508 e. The number of phenols is 1. The Morgan fingerprint density at radius 3 is 2.79 bits per heavy atom. The maximum Gasteiger partial charge on any atom is 0.277 e. The Kier molecular flexibility index (Phi) is 5.53. The van der Waals surface area contributed by atoms with Crippen molar-refractivity contribution in [3.63, 3.8) is 0 Å². The number of allylic oxidation sites excluding steroid dienone is 1. The summed E-state index contributed by atoms with van der Waals surface area (Å²) >= 11 is 0. The van der Waals surface area contributed by atoms with Gasteiger partial charge >= 0.3 is 0 Å². The predicted octanol–water partition coefficient (Wildman–Crippen LogP) is 0.226. The van der Waals surface area contributed by atoms with E-state index in [4.69, 9.17) is 16.4 Å². The first-order valence-corrected chi connectivity index (χ1v) is 7.67. The Bertz CT molecular complexity index is 720. The number of amides is 1. The monoisotopic (exact) mass is 331 g/mol. The van der Waals surface area contributed by atoms with Gasteiger partial charge in [0, 0.05) is 30.8 Å². The highest BCUT2D eigenvalue weighted by Gasteiger charge is 2.26. The van der Waals surface area contributed by atoms with E-state index in [9.17, 15) is 14.3 Å². The van der Waals surface area contributed by atoms with Gasteiger partial charge in [-0.2, -0.15) is 5.26 Å². The van der Waals surface area contributed by atoms with E-state index in [1.807, 2.05) is 0 Å². The number of phenolic OH excluding ortho intramolecular Hbond substituents is 1.